The summed E-state index contributed by atoms with van der Waals surface area (Å²) in [4.78, 5) is 19.9. The molecule has 10 nitrogen and oxygen atoms in total. The third kappa shape index (κ3) is 5.36. The predicted molar refractivity (Wildman–Crippen MR) is 146 cm³/mol. The van der Waals surface area contributed by atoms with E-state index < -0.39 is 0 Å². The summed E-state index contributed by atoms with van der Waals surface area (Å²) in [6, 6.07) is 17.3. The number of fused-ring (bicyclic) bond motifs is 1. The molecule has 0 aliphatic carbocycles. The topological polar surface area (TPSA) is 118 Å². The summed E-state index contributed by atoms with van der Waals surface area (Å²) in [5.41, 5.74) is 5.51. The largest absolute Gasteiger partial charge is 0.478 e. The number of aryl methyl sites for hydroxylation is 1. The van der Waals surface area contributed by atoms with Crippen LogP contribution in [0.4, 0.5) is 5.82 Å². The van der Waals surface area contributed by atoms with Crippen molar-refractivity contribution >= 4 is 11.7 Å². The first-order valence-corrected chi connectivity index (χ1v) is 12.7. The normalized spacial score (nSPS) is 12.5. The van der Waals surface area contributed by atoms with Crippen LogP contribution < -0.4 is 15.0 Å². The quantitative estimate of drug-likeness (QED) is 0.313. The summed E-state index contributed by atoms with van der Waals surface area (Å²) in [6.45, 7) is 4.73. The van der Waals surface area contributed by atoms with Crippen molar-refractivity contribution in [3.8, 4) is 34.5 Å². The van der Waals surface area contributed by atoms with Crippen LogP contribution >= 0.6 is 0 Å². The van der Waals surface area contributed by atoms with E-state index in [9.17, 15) is 10.1 Å². The molecule has 1 N–H and O–H groups in total. The van der Waals surface area contributed by atoms with Crippen LogP contribution in [-0.2, 0) is 24.9 Å². The fraction of sp³-hybridized carbons (Fsp3) is 0.276. The van der Waals surface area contributed by atoms with Crippen molar-refractivity contribution in [2.45, 2.75) is 20.0 Å². The average molecular weight is 524 g/mol. The third-order valence-corrected chi connectivity index (χ3v) is 6.56. The number of carbonyl (C=O) groups is 1. The van der Waals surface area contributed by atoms with Crippen molar-refractivity contribution in [1.82, 2.24) is 25.1 Å². The summed E-state index contributed by atoms with van der Waals surface area (Å²) in [7, 11) is 3.52. The second kappa shape index (κ2) is 11.4. The number of ether oxygens (including phenoxy) is 2. The minimum atomic E-state index is -0.107. The zero-order valence-corrected chi connectivity index (χ0v) is 22.1. The molecule has 39 heavy (non-hydrogen) atoms. The van der Waals surface area contributed by atoms with Gasteiger partial charge in [-0.15, -0.1) is 10.2 Å². The SMILES string of the molecule is CCOc1cc(-c2ccc(C#N)cc2-c2nncn2C)cc(N2Cc3ccc(CNCCOC)cc3C2=O)n1. The monoisotopic (exact) mass is 523 g/mol. The van der Waals surface area contributed by atoms with Crippen LogP contribution in [0.2, 0.25) is 0 Å². The molecule has 3 heterocycles. The fourth-order valence-electron chi connectivity index (χ4n) is 4.63. The zero-order valence-electron chi connectivity index (χ0n) is 22.1. The van der Waals surface area contributed by atoms with Gasteiger partial charge in [-0.25, -0.2) is 0 Å². The molecule has 198 valence electrons. The van der Waals surface area contributed by atoms with Crippen LogP contribution in [0.3, 0.4) is 0 Å². The third-order valence-electron chi connectivity index (χ3n) is 6.56. The highest BCUT2D eigenvalue weighted by atomic mass is 16.5. The number of pyridine rings is 1. The van der Waals surface area contributed by atoms with Gasteiger partial charge in [0, 0.05) is 44.4 Å². The van der Waals surface area contributed by atoms with Gasteiger partial charge < -0.3 is 19.4 Å². The van der Waals surface area contributed by atoms with Crippen LogP contribution in [0, 0.1) is 11.3 Å². The Morgan fingerprint density at radius 3 is 2.72 bits per heavy atom. The molecule has 1 aliphatic rings. The van der Waals surface area contributed by atoms with Crippen LogP contribution in [0.15, 0.2) is 54.9 Å². The van der Waals surface area contributed by atoms with E-state index in [4.69, 9.17) is 9.47 Å². The minimum Gasteiger partial charge on any atom is -0.478 e. The number of methoxy groups -OCH3 is 1. The average Bonchev–Trinajstić information content (AvgIpc) is 3.53. The highest BCUT2D eigenvalue weighted by molar-refractivity contribution is 6.10. The zero-order chi connectivity index (χ0) is 27.4. The molecule has 0 bridgehead atoms. The number of rotatable bonds is 10. The van der Waals surface area contributed by atoms with Gasteiger partial charge in [-0.1, -0.05) is 18.2 Å². The molecule has 0 radical (unpaired) electrons. The van der Waals surface area contributed by atoms with E-state index in [0.29, 0.717) is 55.0 Å². The lowest BCUT2D eigenvalue weighted by atomic mass is 9.97. The number of benzene rings is 2. The van der Waals surface area contributed by atoms with Crippen molar-refractivity contribution < 1.29 is 14.3 Å². The molecule has 1 amide bonds. The van der Waals surface area contributed by atoms with Gasteiger partial charge in [0.2, 0.25) is 5.88 Å². The molecule has 2 aromatic heterocycles. The lowest BCUT2D eigenvalue weighted by molar-refractivity contribution is 0.0995. The second-order valence-corrected chi connectivity index (χ2v) is 9.18. The van der Waals surface area contributed by atoms with Crippen molar-refractivity contribution in [1.29, 1.82) is 5.26 Å². The maximum Gasteiger partial charge on any atom is 0.260 e. The molecule has 0 spiro atoms. The minimum absolute atomic E-state index is 0.107. The predicted octanol–water partition coefficient (Wildman–Crippen LogP) is 3.71. The van der Waals surface area contributed by atoms with Crippen molar-refractivity contribution in [2.75, 3.05) is 31.8 Å². The maximum atomic E-state index is 13.6. The Morgan fingerprint density at radius 1 is 1.10 bits per heavy atom. The molecule has 2 aromatic carbocycles. The first kappa shape index (κ1) is 26.0. The number of aromatic nitrogens is 4. The Balaban J connectivity index is 1.52. The summed E-state index contributed by atoms with van der Waals surface area (Å²) in [6.07, 6.45) is 1.61. The van der Waals surface area contributed by atoms with Gasteiger partial charge in [-0.05, 0) is 53.4 Å². The standard InChI is InChI=1S/C29H29N7O3/c1-4-39-27-14-22(23-8-6-19(15-30)11-25(23)28-34-32-18-35(28)2)13-26(33-27)36-17-21-7-5-20(12-24(21)29(36)37)16-31-9-10-38-3/h5-8,11-14,18,31H,4,9-10,16-17H2,1-3H3. The lowest BCUT2D eigenvalue weighted by Crippen LogP contribution is -2.24. The van der Waals surface area contributed by atoms with E-state index in [1.807, 2.05) is 50.4 Å². The van der Waals surface area contributed by atoms with Gasteiger partial charge in [-0.3, -0.25) is 9.69 Å². The number of amides is 1. The summed E-state index contributed by atoms with van der Waals surface area (Å²) >= 11 is 0. The van der Waals surface area contributed by atoms with Crippen LogP contribution in [0.25, 0.3) is 22.5 Å². The van der Waals surface area contributed by atoms with E-state index in [1.54, 1.807) is 35.0 Å². The number of nitriles is 1. The summed E-state index contributed by atoms with van der Waals surface area (Å²) in [5, 5.41) is 21.1. The van der Waals surface area contributed by atoms with Crippen LogP contribution in [0.5, 0.6) is 5.88 Å². The number of anilines is 1. The number of hydrogen-bond donors (Lipinski definition) is 1. The molecule has 0 saturated carbocycles. The Hall–Kier alpha value is -4.59. The van der Waals surface area contributed by atoms with E-state index in [2.05, 4.69) is 26.6 Å². The van der Waals surface area contributed by atoms with Crippen molar-refractivity contribution in [3.63, 3.8) is 0 Å². The van der Waals surface area contributed by atoms with Gasteiger partial charge in [0.05, 0.1) is 31.4 Å². The molecule has 5 rings (SSSR count). The van der Waals surface area contributed by atoms with Crippen molar-refractivity contribution in [3.05, 3.63) is 77.1 Å². The molecule has 0 fully saturated rings. The Morgan fingerprint density at radius 2 is 1.97 bits per heavy atom. The van der Waals surface area contributed by atoms with Crippen LogP contribution in [-0.4, -0.2) is 52.5 Å². The summed E-state index contributed by atoms with van der Waals surface area (Å²) < 4.78 is 12.7. The molecule has 4 aromatic rings. The first-order valence-electron chi connectivity index (χ1n) is 12.7. The van der Waals surface area contributed by atoms with Gasteiger partial charge in [-0.2, -0.15) is 10.2 Å². The van der Waals surface area contributed by atoms with Gasteiger partial charge >= 0.3 is 0 Å². The Kier molecular flexibility index (Phi) is 7.63. The number of carbonyl (C=O) groups excluding carboxylic acids is 1. The highest BCUT2D eigenvalue weighted by Gasteiger charge is 2.30. The number of hydrogen-bond acceptors (Lipinski definition) is 8. The van der Waals surface area contributed by atoms with Gasteiger partial charge in [0.15, 0.2) is 5.82 Å². The second-order valence-electron chi connectivity index (χ2n) is 9.18. The summed E-state index contributed by atoms with van der Waals surface area (Å²) in [5.74, 6) is 1.41. The van der Waals surface area contributed by atoms with Crippen LogP contribution in [0.1, 0.15) is 34.0 Å². The molecule has 0 saturated heterocycles. The van der Waals surface area contributed by atoms with Crippen molar-refractivity contribution in [2.24, 2.45) is 7.05 Å². The Bertz CT molecular complexity index is 1560. The number of nitrogens with zero attached hydrogens (tertiary/aromatic N) is 6. The first-order chi connectivity index (χ1) is 19.0. The Labute approximate surface area is 226 Å². The molecule has 1 aliphatic heterocycles. The molecular formula is C29H29N7O3. The number of nitrogens with one attached hydrogen (secondary N) is 1. The maximum absolute atomic E-state index is 13.6. The molecule has 10 heteroatoms. The van der Waals surface area contributed by atoms with Gasteiger partial charge in [0.25, 0.3) is 5.91 Å². The van der Waals surface area contributed by atoms with E-state index >= 15 is 0 Å². The molecule has 0 unspecified atom stereocenters. The van der Waals surface area contributed by atoms with Gasteiger partial charge in [0.1, 0.15) is 12.1 Å². The van der Waals surface area contributed by atoms with E-state index in [1.165, 1.54) is 0 Å². The molecular weight excluding hydrogens is 494 g/mol. The highest BCUT2D eigenvalue weighted by Crippen LogP contribution is 2.37. The molecule has 0 atom stereocenters. The van der Waals surface area contributed by atoms with E-state index in [-0.39, 0.29) is 5.91 Å². The lowest BCUT2D eigenvalue weighted by Gasteiger charge is -2.18. The van der Waals surface area contributed by atoms with E-state index in [0.717, 1.165) is 34.4 Å². The smallest absolute Gasteiger partial charge is 0.260 e. The fourth-order valence-corrected chi connectivity index (χ4v) is 4.63.